The Balaban J connectivity index is 2.15. The second kappa shape index (κ2) is 14.8. The molecule has 0 saturated carbocycles. The normalized spacial score (nSPS) is 13.9. The lowest BCUT2D eigenvalue weighted by molar-refractivity contribution is 0.0295. The van der Waals surface area contributed by atoms with Crippen LogP contribution >= 0.6 is 0 Å². The Bertz CT molecular complexity index is 1630. The van der Waals surface area contributed by atoms with Gasteiger partial charge < -0.3 is 18.9 Å². The lowest BCUT2D eigenvalue weighted by atomic mass is 9.93. The zero-order valence-electron chi connectivity index (χ0n) is 27.6. The highest BCUT2D eigenvalue weighted by molar-refractivity contribution is 6.10. The largest absolute Gasteiger partial charge is 0.523 e. The number of esters is 3. The minimum Gasteiger partial charge on any atom is -0.462 e. The predicted octanol–water partition coefficient (Wildman–Crippen LogP) is 5.83. The minimum absolute atomic E-state index is 0.000188. The molecule has 250 valence electrons. The molecule has 2 aromatic heterocycles. The molecule has 1 amide bonds. The van der Waals surface area contributed by atoms with Crippen LogP contribution in [0.25, 0.3) is 11.3 Å². The van der Waals surface area contributed by atoms with Crippen molar-refractivity contribution in [2.45, 2.75) is 66.4 Å². The molecule has 12 nitrogen and oxygen atoms in total. The van der Waals surface area contributed by atoms with Gasteiger partial charge in [-0.1, -0.05) is 12.1 Å². The number of amides is 1. The van der Waals surface area contributed by atoms with Crippen LogP contribution in [0.3, 0.4) is 0 Å². The summed E-state index contributed by atoms with van der Waals surface area (Å²) in [6.07, 6.45) is 0.624. The maximum Gasteiger partial charge on any atom is 0.523 e. The van der Waals surface area contributed by atoms with Crippen LogP contribution in [0.15, 0.2) is 36.4 Å². The van der Waals surface area contributed by atoms with Gasteiger partial charge in [0, 0.05) is 24.8 Å². The number of benzene rings is 1. The fourth-order valence-corrected chi connectivity index (χ4v) is 5.41. The molecule has 1 saturated heterocycles. The third-order valence-corrected chi connectivity index (χ3v) is 7.38. The minimum atomic E-state index is -0.867. The van der Waals surface area contributed by atoms with Gasteiger partial charge in [0.15, 0.2) is 11.3 Å². The van der Waals surface area contributed by atoms with Crippen LogP contribution in [0.5, 0.6) is 0 Å². The van der Waals surface area contributed by atoms with E-state index < -0.39 is 39.9 Å². The van der Waals surface area contributed by atoms with Gasteiger partial charge in [-0.25, -0.2) is 18.8 Å². The predicted molar refractivity (Wildman–Crippen MR) is 169 cm³/mol. The van der Waals surface area contributed by atoms with Crippen molar-refractivity contribution in [2.24, 2.45) is 0 Å². The summed E-state index contributed by atoms with van der Waals surface area (Å²) in [5.41, 5.74) is -0.505. The second-order valence-electron chi connectivity index (χ2n) is 11.9. The summed E-state index contributed by atoms with van der Waals surface area (Å²) in [7, 11) is 0. The lowest BCUT2D eigenvalue weighted by Crippen LogP contribution is -2.55. The number of nitrogens with zero attached hydrogens (tertiary/aromatic N) is 4. The Morgan fingerprint density at radius 2 is 1.36 bits per heavy atom. The third kappa shape index (κ3) is 7.79. The molecule has 1 aliphatic rings. The first-order valence-electron chi connectivity index (χ1n) is 15.6. The number of carbonyl (C=O) groups excluding carboxylic acids is 4. The molecule has 4 rings (SSSR count). The number of aromatic nitrogens is 3. The van der Waals surface area contributed by atoms with E-state index in [4.69, 9.17) is 23.9 Å². The summed E-state index contributed by atoms with van der Waals surface area (Å²) >= 11 is 0. The first kappa shape index (κ1) is 35.1. The topological polar surface area (TPSA) is 144 Å². The number of hydrogen-bond donors (Lipinski definition) is 0. The quantitative estimate of drug-likeness (QED) is 0.148. The van der Waals surface area contributed by atoms with Crippen molar-refractivity contribution in [2.75, 3.05) is 32.9 Å². The summed E-state index contributed by atoms with van der Waals surface area (Å²) < 4.78 is 35.3. The van der Waals surface area contributed by atoms with Crippen molar-refractivity contribution in [3.8, 4) is 11.3 Å². The van der Waals surface area contributed by atoms with Gasteiger partial charge in [0.05, 0.1) is 49.9 Å². The molecule has 0 radical (unpaired) electrons. The molecular weight excluding hydrogens is 611 g/mol. The summed E-state index contributed by atoms with van der Waals surface area (Å²) in [5, 5.41) is 8.28. The van der Waals surface area contributed by atoms with Gasteiger partial charge in [-0.2, -0.15) is 14.3 Å². The molecule has 0 N–H and O–H groups in total. The smallest absolute Gasteiger partial charge is 0.462 e. The number of carbonyl (C=O) groups is 4. The molecule has 1 fully saturated rings. The Morgan fingerprint density at radius 1 is 0.787 bits per heavy atom. The van der Waals surface area contributed by atoms with E-state index in [1.807, 2.05) is 0 Å². The highest BCUT2D eigenvalue weighted by Crippen LogP contribution is 2.41. The van der Waals surface area contributed by atoms with Crippen molar-refractivity contribution >= 4 is 29.8 Å². The molecule has 3 heterocycles. The zero-order valence-corrected chi connectivity index (χ0v) is 27.6. The number of halogens is 1. The van der Waals surface area contributed by atoms with E-state index in [9.17, 15) is 23.6 Å². The van der Waals surface area contributed by atoms with E-state index in [1.54, 1.807) is 53.7 Å². The number of ether oxygens (including phenoxy) is 4. The van der Waals surface area contributed by atoms with Crippen molar-refractivity contribution < 1.29 is 42.5 Å². The highest BCUT2D eigenvalue weighted by atomic mass is 19.1. The average Bonchev–Trinajstić information content (AvgIpc) is 3.53. The molecule has 0 atom stereocenters. The van der Waals surface area contributed by atoms with Gasteiger partial charge >= 0.3 is 24.0 Å². The van der Waals surface area contributed by atoms with Crippen LogP contribution in [0.1, 0.15) is 96.8 Å². The van der Waals surface area contributed by atoms with Gasteiger partial charge in [-0.3, -0.25) is 0 Å². The van der Waals surface area contributed by atoms with Gasteiger partial charge in [0.1, 0.15) is 11.4 Å². The van der Waals surface area contributed by atoms with Crippen LogP contribution in [0, 0.1) is 5.82 Å². The Morgan fingerprint density at radius 3 is 1.89 bits per heavy atom. The first-order chi connectivity index (χ1) is 22.3. The molecule has 0 spiro atoms. The van der Waals surface area contributed by atoms with Gasteiger partial charge in [0.2, 0.25) is 0 Å². The van der Waals surface area contributed by atoms with E-state index in [0.717, 1.165) is 0 Å². The summed E-state index contributed by atoms with van der Waals surface area (Å²) in [6, 6.07) is 8.44. The number of hydrogen-bond acceptors (Lipinski definition) is 11. The summed E-state index contributed by atoms with van der Waals surface area (Å²) in [5.74, 6) is -2.80. The zero-order chi connectivity index (χ0) is 34.4. The molecule has 0 aliphatic carbocycles. The van der Waals surface area contributed by atoms with Crippen LogP contribution < -0.4 is 4.48 Å². The van der Waals surface area contributed by atoms with E-state index in [1.165, 1.54) is 24.3 Å². The molecule has 1 aliphatic heterocycles. The molecule has 3 aromatic rings. The van der Waals surface area contributed by atoms with Crippen molar-refractivity contribution in [1.82, 2.24) is 19.7 Å². The highest BCUT2D eigenvalue weighted by Gasteiger charge is 2.51. The fraction of sp³-hybridized carbons (Fsp3) is 0.441. The summed E-state index contributed by atoms with van der Waals surface area (Å²) in [4.78, 5) is 59.3. The van der Waals surface area contributed by atoms with E-state index in [0.29, 0.717) is 18.4 Å². The number of quaternary nitrogens is 1. The van der Waals surface area contributed by atoms with Crippen LogP contribution in [0.4, 0.5) is 15.0 Å². The molecular formula is C34H40FN4O8+. The molecule has 0 unspecified atom stereocenters. The molecule has 1 aromatic carbocycles. The average molecular weight is 652 g/mol. The number of rotatable bonds is 10. The number of likely N-dealkylation sites (tertiary alicyclic amines) is 1. The second-order valence-corrected chi connectivity index (χ2v) is 11.9. The monoisotopic (exact) mass is 651 g/mol. The maximum absolute atomic E-state index is 14.1. The Kier molecular flexibility index (Phi) is 11.0. The molecule has 0 bridgehead atoms. The standard InChI is InChI=1S/C34H40FN4O8/c1-7-44-30(40)24-17-16-23(37-38-24)26-27(31(41)45-8-2)25(20-21-12-14-22(35)15-13-21)36-29(28(26)32(42)46-9-3)39(18-10-11-19-39)33(43)47-34(4,5)6/h12-17H,7-11,18-20H2,1-6H3/q+1. The van der Waals surface area contributed by atoms with Crippen LogP contribution in [0.2, 0.25) is 0 Å². The summed E-state index contributed by atoms with van der Waals surface area (Å²) in [6.45, 7) is 10.8. The maximum atomic E-state index is 14.1. The van der Waals surface area contributed by atoms with E-state index >= 15 is 0 Å². The molecule has 13 heteroatoms. The number of pyridine rings is 1. The van der Waals surface area contributed by atoms with Crippen LogP contribution in [-0.2, 0) is 25.4 Å². The lowest BCUT2D eigenvalue weighted by Gasteiger charge is -2.33. The third-order valence-electron chi connectivity index (χ3n) is 7.38. The van der Waals surface area contributed by atoms with E-state index in [2.05, 4.69) is 10.2 Å². The van der Waals surface area contributed by atoms with Gasteiger partial charge in [-0.05, 0) is 71.4 Å². The van der Waals surface area contributed by atoms with Crippen molar-refractivity contribution in [3.63, 3.8) is 0 Å². The first-order valence-corrected chi connectivity index (χ1v) is 15.6. The van der Waals surface area contributed by atoms with Crippen molar-refractivity contribution in [1.29, 1.82) is 0 Å². The van der Waals surface area contributed by atoms with Crippen molar-refractivity contribution in [3.05, 3.63) is 70.3 Å². The SMILES string of the molecule is CCOC(=O)c1ccc(-c2c(C(=O)OCC)c(Cc3ccc(F)cc3)nc([N+]3(C(=O)OC(C)(C)C)CCCC3)c2C(=O)OCC)nn1. The van der Waals surface area contributed by atoms with E-state index in [-0.39, 0.29) is 78.9 Å². The van der Waals surface area contributed by atoms with Gasteiger partial charge in [0.25, 0.3) is 5.82 Å². The van der Waals surface area contributed by atoms with Crippen LogP contribution in [-0.4, -0.2) is 77.7 Å². The Hall–Kier alpha value is -4.78. The van der Waals surface area contributed by atoms with Gasteiger partial charge in [-0.15, -0.1) is 10.2 Å². The Labute approximate surface area is 272 Å². The molecule has 47 heavy (non-hydrogen) atoms. The fourth-order valence-electron chi connectivity index (χ4n) is 5.41.